The molecule has 3 N–H and O–H groups in total. The molecule has 0 saturated heterocycles. The van der Waals surface area contributed by atoms with E-state index in [1.54, 1.807) is 12.1 Å². The first kappa shape index (κ1) is 18.5. The van der Waals surface area contributed by atoms with Gasteiger partial charge in [0.05, 0.1) is 24.1 Å². The van der Waals surface area contributed by atoms with Crippen molar-refractivity contribution in [2.75, 3.05) is 5.32 Å². The summed E-state index contributed by atoms with van der Waals surface area (Å²) in [6, 6.07) is 7.66. The Labute approximate surface area is 152 Å². The van der Waals surface area contributed by atoms with Crippen LogP contribution in [0.25, 0.3) is 0 Å². The summed E-state index contributed by atoms with van der Waals surface area (Å²) < 4.78 is 33.2. The molecule has 1 aliphatic carbocycles. The molecule has 3 rings (SSSR count). The molecule has 140 valence electrons. The van der Waals surface area contributed by atoms with Crippen molar-refractivity contribution in [2.24, 2.45) is 0 Å². The standard InChI is InChI=1S/C18H22N2O5S/c21-18(22)13-8-9-16(20-14-5-2-1-3-6-14)17(11-13)26(23,24)19-12-15-7-4-10-25-15/h4,7-11,14,19-20H,1-3,5-6,12H2,(H,21,22). The minimum atomic E-state index is -3.91. The minimum Gasteiger partial charge on any atom is -0.478 e. The van der Waals surface area contributed by atoms with Gasteiger partial charge < -0.3 is 14.8 Å². The first-order valence-electron chi connectivity index (χ1n) is 8.61. The van der Waals surface area contributed by atoms with E-state index < -0.39 is 16.0 Å². The van der Waals surface area contributed by atoms with E-state index in [9.17, 15) is 18.3 Å². The molecular weight excluding hydrogens is 356 g/mol. The fourth-order valence-corrected chi connectivity index (χ4v) is 4.31. The predicted octanol–water partition coefficient (Wildman–Crippen LogP) is 3.20. The summed E-state index contributed by atoms with van der Waals surface area (Å²) in [7, 11) is -3.91. The number of benzene rings is 1. The second kappa shape index (κ2) is 7.92. The number of nitrogens with one attached hydrogen (secondary N) is 2. The third-order valence-electron chi connectivity index (χ3n) is 4.50. The molecule has 1 aromatic carbocycles. The summed E-state index contributed by atoms with van der Waals surface area (Å²) in [4.78, 5) is 11.2. The van der Waals surface area contributed by atoms with Crippen LogP contribution in [0.3, 0.4) is 0 Å². The summed E-state index contributed by atoms with van der Waals surface area (Å²) in [5, 5.41) is 12.5. The lowest BCUT2D eigenvalue weighted by molar-refractivity contribution is 0.0696. The van der Waals surface area contributed by atoms with Crippen LogP contribution in [0.2, 0.25) is 0 Å². The molecule has 0 amide bonds. The maximum Gasteiger partial charge on any atom is 0.335 e. The van der Waals surface area contributed by atoms with Crippen molar-refractivity contribution in [2.45, 2.75) is 49.6 Å². The molecule has 1 fully saturated rings. The number of anilines is 1. The molecule has 1 aromatic heterocycles. The Bertz CT molecular complexity index is 856. The lowest BCUT2D eigenvalue weighted by atomic mass is 9.95. The van der Waals surface area contributed by atoms with E-state index in [-0.39, 0.29) is 23.0 Å². The SMILES string of the molecule is O=C(O)c1ccc(NC2CCCCC2)c(S(=O)(=O)NCc2ccco2)c1. The molecule has 0 unspecified atom stereocenters. The van der Waals surface area contributed by atoms with Crippen LogP contribution in [0.1, 0.15) is 48.2 Å². The molecular formula is C18H22N2O5S. The van der Waals surface area contributed by atoms with Crippen LogP contribution in [0, 0.1) is 0 Å². The number of rotatable bonds is 7. The smallest absolute Gasteiger partial charge is 0.335 e. The van der Waals surface area contributed by atoms with Gasteiger partial charge in [-0.25, -0.2) is 17.9 Å². The Kier molecular flexibility index (Phi) is 5.63. The molecule has 0 radical (unpaired) electrons. The van der Waals surface area contributed by atoms with Gasteiger partial charge in [0.1, 0.15) is 10.7 Å². The van der Waals surface area contributed by atoms with Crippen LogP contribution in [0.4, 0.5) is 5.69 Å². The van der Waals surface area contributed by atoms with Crippen molar-refractivity contribution in [3.05, 3.63) is 47.9 Å². The van der Waals surface area contributed by atoms with Crippen LogP contribution >= 0.6 is 0 Å². The van der Waals surface area contributed by atoms with Gasteiger partial charge in [0.15, 0.2) is 0 Å². The zero-order valence-electron chi connectivity index (χ0n) is 14.3. The van der Waals surface area contributed by atoms with Gasteiger partial charge in [0.2, 0.25) is 10.0 Å². The predicted molar refractivity (Wildman–Crippen MR) is 96.6 cm³/mol. The highest BCUT2D eigenvalue weighted by Crippen LogP contribution is 2.27. The highest BCUT2D eigenvalue weighted by atomic mass is 32.2. The summed E-state index contributed by atoms with van der Waals surface area (Å²) in [6.45, 7) is -0.00446. The van der Waals surface area contributed by atoms with Gasteiger partial charge in [-0.15, -0.1) is 0 Å². The number of carboxylic acid groups (broad SMARTS) is 1. The molecule has 1 aliphatic rings. The Hall–Kier alpha value is -2.32. The van der Waals surface area contributed by atoms with Crippen LogP contribution in [-0.4, -0.2) is 25.5 Å². The maximum atomic E-state index is 12.8. The van der Waals surface area contributed by atoms with E-state index in [4.69, 9.17) is 4.42 Å². The van der Waals surface area contributed by atoms with E-state index in [1.807, 2.05) is 0 Å². The molecule has 0 aliphatic heterocycles. The van der Waals surface area contributed by atoms with Gasteiger partial charge in [0.25, 0.3) is 0 Å². The first-order chi connectivity index (χ1) is 12.5. The van der Waals surface area contributed by atoms with Crippen LogP contribution in [0.15, 0.2) is 45.9 Å². The molecule has 7 nitrogen and oxygen atoms in total. The number of aromatic carboxylic acids is 1. The number of hydrogen-bond donors (Lipinski definition) is 3. The van der Waals surface area contributed by atoms with Crippen molar-refractivity contribution in [1.29, 1.82) is 0 Å². The van der Waals surface area contributed by atoms with E-state index in [1.165, 1.54) is 30.9 Å². The zero-order chi connectivity index (χ0) is 18.6. The normalized spacial score (nSPS) is 15.7. The van der Waals surface area contributed by atoms with Gasteiger partial charge in [0, 0.05) is 6.04 Å². The lowest BCUT2D eigenvalue weighted by Gasteiger charge is -2.25. The molecule has 1 heterocycles. The molecule has 1 saturated carbocycles. The first-order valence-corrected chi connectivity index (χ1v) is 10.1. The van der Waals surface area contributed by atoms with Gasteiger partial charge in [-0.05, 0) is 43.2 Å². The third kappa shape index (κ3) is 4.44. The van der Waals surface area contributed by atoms with Gasteiger partial charge in [-0.1, -0.05) is 19.3 Å². The van der Waals surface area contributed by atoms with Crippen LogP contribution in [0.5, 0.6) is 0 Å². The second-order valence-corrected chi connectivity index (χ2v) is 8.13. The van der Waals surface area contributed by atoms with Crippen molar-refractivity contribution < 1.29 is 22.7 Å². The summed E-state index contributed by atoms with van der Waals surface area (Å²) >= 11 is 0. The van der Waals surface area contributed by atoms with Gasteiger partial charge >= 0.3 is 5.97 Å². The Morgan fingerprint density at radius 3 is 2.62 bits per heavy atom. The monoisotopic (exact) mass is 378 g/mol. The van der Waals surface area contributed by atoms with Crippen LogP contribution < -0.4 is 10.0 Å². The number of sulfonamides is 1. The summed E-state index contributed by atoms with van der Waals surface area (Å²) in [6.07, 6.45) is 6.80. The fourth-order valence-electron chi connectivity index (χ4n) is 3.12. The fraction of sp³-hybridized carbons (Fsp3) is 0.389. The van der Waals surface area contributed by atoms with E-state index in [0.717, 1.165) is 25.7 Å². The van der Waals surface area contributed by atoms with Gasteiger partial charge in [-0.2, -0.15) is 0 Å². The zero-order valence-corrected chi connectivity index (χ0v) is 15.1. The highest BCUT2D eigenvalue weighted by molar-refractivity contribution is 7.89. The highest BCUT2D eigenvalue weighted by Gasteiger charge is 2.23. The average Bonchev–Trinajstić information content (AvgIpc) is 3.15. The Morgan fingerprint density at radius 2 is 1.96 bits per heavy atom. The van der Waals surface area contributed by atoms with Crippen molar-refractivity contribution in [3.8, 4) is 0 Å². The minimum absolute atomic E-state index is 0.00446. The Morgan fingerprint density at radius 1 is 1.19 bits per heavy atom. The van der Waals surface area contributed by atoms with E-state index in [0.29, 0.717) is 11.4 Å². The molecule has 8 heteroatoms. The molecule has 2 aromatic rings. The number of hydrogen-bond acceptors (Lipinski definition) is 5. The molecule has 0 atom stereocenters. The van der Waals surface area contributed by atoms with Crippen molar-refractivity contribution in [1.82, 2.24) is 4.72 Å². The quantitative estimate of drug-likeness (QED) is 0.683. The molecule has 0 bridgehead atoms. The van der Waals surface area contributed by atoms with Crippen LogP contribution in [-0.2, 0) is 16.6 Å². The number of carboxylic acids is 1. The molecule has 26 heavy (non-hydrogen) atoms. The second-order valence-electron chi connectivity index (χ2n) is 6.40. The average molecular weight is 378 g/mol. The lowest BCUT2D eigenvalue weighted by Crippen LogP contribution is -2.27. The van der Waals surface area contributed by atoms with Gasteiger partial charge in [-0.3, -0.25) is 0 Å². The van der Waals surface area contributed by atoms with E-state index in [2.05, 4.69) is 10.0 Å². The van der Waals surface area contributed by atoms with Crippen molar-refractivity contribution >= 4 is 21.7 Å². The Balaban J connectivity index is 1.87. The number of carbonyl (C=O) groups is 1. The number of furan rings is 1. The van der Waals surface area contributed by atoms with Crippen molar-refractivity contribution in [3.63, 3.8) is 0 Å². The van der Waals surface area contributed by atoms with E-state index >= 15 is 0 Å². The maximum absolute atomic E-state index is 12.8. The third-order valence-corrected chi connectivity index (χ3v) is 5.94. The summed E-state index contributed by atoms with van der Waals surface area (Å²) in [5.74, 6) is -0.693. The summed E-state index contributed by atoms with van der Waals surface area (Å²) in [5.41, 5.74) is 0.353. The topological polar surface area (TPSA) is 109 Å². The molecule has 0 spiro atoms. The largest absolute Gasteiger partial charge is 0.478 e.